The van der Waals surface area contributed by atoms with Crippen LogP contribution in [-0.4, -0.2) is 0 Å². The predicted octanol–water partition coefficient (Wildman–Crippen LogP) is 1.93. The molecule has 0 heterocycles. The summed E-state index contributed by atoms with van der Waals surface area (Å²) in [7, 11) is 3.32. The first-order valence-corrected chi connectivity index (χ1v) is 4.67. The van der Waals surface area contributed by atoms with Crippen molar-refractivity contribution in [3.05, 3.63) is 0 Å². The van der Waals surface area contributed by atoms with E-state index in [-0.39, 0.29) is 7.75 Å². The molecular weight excluding hydrogens is 109 g/mol. The SMILES string of the molecule is O=[P+]=PP. The summed E-state index contributed by atoms with van der Waals surface area (Å²) in [6, 6.07) is 0. The molecule has 0 amide bonds. The Kier molecular flexibility index (Phi) is 4.91. The molecule has 0 aliphatic heterocycles. The van der Waals surface area contributed by atoms with Crippen molar-refractivity contribution in [3.63, 3.8) is 0 Å². The molecule has 0 radical (unpaired) electrons. The summed E-state index contributed by atoms with van der Waals surface area (Å²) in [5, 5.41) is 0. The van der Waals surface area contributed by atoms with Crippen LogP contribution in [0.25, 0.3) is 0 Å². The van der Waals surface area contributed by atoms with Crippen LogP contribution in [0.4, 0.5) is 0 Å². The van der Waals surface area contributed by atoms with Gasteiger partial charge in [0.05, 0.1) is 0 Å². The Morgan fingerprint density at radius 2 is 2.25 bits per heavy atom. The normalized spacial score (nSPS) is 7.25. The standard InChI is InChI=1S/H2OP3/c1-3-4-2/h2H2/q+1. The fourth-order valence-corrected chi connectivity index (χ4v) is 0. The summed E-state index contributed by atoms with van der Waals surface area (Å²) in [4.78, 5) is 0. The van der Waals surface area contributed by atoms with E-state index in [0.29, 0.717) is 0 Å². The second kappa shape index (κ2) is 3.96. The van der Waals surface area contributed by atoms with E-state index in [4.69, 9.17) is 0 Å². The third kappa shape index (κ3) is 2.96. The Balaban J connectivity index is 3.11. The molecule has 4 heteroatoms. The zero-order valence-electron chi connectivity index (χ0n) is 1.88. The Labute approximate surface area is 29.7 Å². The third-order valence-electron chi connectivity index (χ3n) is 0.0471. The van der Waals surface area contributed by atoms with Crippen LogP contribution in [0.3, 0.4) is 0 Å². The third-order valence-corrected chi connectivity index (χ3v) is 1.27. The molecule has 4 heavy (non-hydrogen) atoms. The van der Waals surface area contributed by atoms with E-state index in [1.54, 1.807) is 0 Å². The van der Waals surface area contributed by atoms with Gasteiger partial charge in [0.15, 0.2) is 0 Å². The Morgan fingerprint density at radius 3 is 2.25 bits per heavy atom. The topological polar surface area (TPSA) is 17.1 Å². The van der Waals surface area contributed by atoms with Crippen LogP contribution in [0.15, 0.2) is 0 Å². The molecule has 0 aromatic heterocycles. The molecule has 0 aromatic carbocycles. The number of rotatable bonds is 0. The van der Waals surface area contributed by atoms with E-state index in [1.165, 1.54) is 0 Å². The Morgan fingerprint density at radius 1 is 2.00 bits per heavy atom. The summed E-state index contributed by atoms with van der Waals surface area (Å²) in [6.45, 7) is 0. The fourth-order valence-electron chi connectivity index (χ4n) is 0. The van der Waals surface area contributed by atoms with Gasteiger partial charge in [-0.3, -0.25) is 0 Å². The van der Waals surface area contributed by atoms with Crippen molar-refractivity contribution in [3.8, 4) is 0 Å². The van der Waals surface area contributed by atoms with Crippen LogP contribution >= 0.6 is 24.2 Å². The van der Waals surface area contributed by atoms with Gasteiger partial charge in [-0.15, -0.1) is 0 Å². The van der Waals surface area contributed by atoms with Crippen molar-refractivity contribution in [2.75, 3.05) is 0 Å². The molecule has 1 nitrogen and oxygen atoms in total. The molecule has 0 N–H and O–H groups in total. The zero-order valence-corrected chi connectivity index (χ0v) is 4.82. The summed E-state index contributed by atoms with van der Waals surface area (Å²) in [5.41, 5.74) is 0. The zero-order chi connectivity index (χ0) is 3.41. The van der Waals surface area contributed by atoms with Gasteiger partial charge in [-0.05, 0) is 0 Å². The Hall–Kier alpha value is 0.960. The van der Waals surface area contributed by atoms with Crippen molar-refractivity contribution in [2.24, 2.45) is 0 Å². The van der Waals surface area contributed by atoms with Gasteiger partial charge in [-0.25, -0.2) is 0 Å². The van der Waals surface area contributed by atoms with E-state index in [1.807, 2.05) is 0 Å². The number of hydrogen-bond donors (Lipinski definition) is 0. The second-order valence-electron chi connectivity index (χ2n) is 0.197. The van der Waals surface area contributed by atoms with Crippen molar-refractivity contribution in [1.82, 2.24) is 0 Å². The average molecular weight is 111 g/mol. The maximum absolute atomic E-state index is 9.24. The van der Waals surface area contributed by atoms with E-state index in [9.17, 15) is 4.57 Å². The molecule has 1 unspecified atom stereocenters. The molecule has 0 aliphatic rings. The van der Waals surface area contributed by atoms with E-state index >= 15 is 0 Å². The quantitative estimate of drug-likeness (QED) is 0.436. The van der Waals surface area contributed by atoms with Crippen molar-refractivity contribution >= 4 is 24.2 Å². The molecule has 0 saturated carbocycles. The second-order valence-corrected chi connectivity index (χ2v) is 3.85. The van der Waals surface area contributed by atoms with Crippen molar-refractivity contribution in [2.45, 2.75) is 0 Å². The van der Waals surface area contributed by atoms with Gasteiger partial charge in [-0.1, -0.05) is 0 Å². The minimum atomic E-state index is 0.184. The van der Waals surface area contributed by atoms with E-state index in [0.717, 1.165) is 7.56 Å². The van der Waals surface area contributed by atoms with Gasteiger partial charge in [0.2, 0.25) is 0 Å². The van der Waals surface area contributed by atoms with Gasteiger partial charge in [0.25, 0.3) is 0 Å². The molecule has 0 aromatic rings. The van der Waals surface area contributed by atoms with Crippen molar-refractivity contribution in [1.29, 1.82) is 0 Å². The predicted molar refractivity (Wildman–Crippen MR) is 24.2 cm³/mol. The molecular formula is H2OP3+. The van der Waals surface area contributed by atoms with Gasteiger partial charge in [0, 0.05) is 0 Å². The summed E-state index contributed by atoms with van der Waals surface area (Å²) < 4.78 is 9.24. The molecule has 0 fully saturated rings. The van der Waals surface area contributed by atoms with Gasteiger partial charge in [-0.2, -0.15) is 0 Å². The average Bonchev–Trinajstić information content (AvgIpc) is 1.37. The summed E-state index contributed by atoms with van der Waals surface area (Å²) in [6.07, 6.45) is 0. The van der Waals surface area contributed by atoms with Crippen LogP contribution in [0, 0.1) is 0 Å². The monoisotopic (exact) mass is 111 g/mol. The molecule has 0 bridgehead atoms. The number of hydrogen-bond acceptors (Lipinski definition) is 1. The molecule has 22 valence electrons. The van der Waals surface area contributed by atoms with Gasteiger partial charge >= 0.3 is 28.8 Å². The summed E-state index contributed by atoms with van der Waals surface area (Å²) in [5.74, 6) is 0. The van der Waals surface area contributed by atoms with Crippen LogP contribution < -0.4 is 0 Å². The van der Waals surface area contributed by atoms with E-state index < -0.39 is 0 Å². The van der Waals surface area contributed by atoms with Crippen molar-refractivity contribution < 1.29 is 4.57 Å². The van der Waals surface area contributed by atoms with Gasteiger partial charge in [0.1, 0.15) is 0 Å². The minimum absolute atomic E-state index is 0.184. The molecule has 1 atom stereocenters. The Bertz CT molecular complexity index is 41.2. The summed E-state index contributed by atoms with van der Waals surface area (Å²) >= 11 is 0. The fraction of sp³-hybridized carbons (Fsp3) is 0. The van der Waals surface area contributed by atoms with E-state index in [2.05, 4.69) is 8.93 Å². The van der Waals surface area contributed by atoms with Crippen LogP contribution in [0.5, 0.6) is 0 Å². The first-order valence-electron chi connectivity index (χ1n) is 0.641. The van der Waals surface area contributed by atoms with Crippen LogP contribution in [0.2, 0.25) is 0 Å². The molecule has 0 spiro atoms. The molecule has 0 aliphatic carbocycles. The van der Waals surface area contributed by atoms with Crippen LogP contribution in [-0.2, 0) is 4.57 Å². The molecule has 0 rings (SSSR count). The van der Waals surface area contributed by atoms with Crippen LogP contribution in [0.1, 0.15) is 0 Å². The van der Waals surface area contributed by atoms with Gasteiger partial charge < -0.3 is 0 Å². The molecule has 0 saturated heterocycles. The first kappa shape index (κ1) is 4.96. The first-order chi connectivity index (χ1) is 1.91. The maximum atomic E-state index is 9.24.